The Morgan fingerprint density at radius 1 is 0.929 bits per heavy atom. The van der Waals surface area contributed by atoms with Crippen LogP contribution in [0.1, 0.15) is 5.56 Å². The quantitative estimate of drug-likeness (QED) is 0.576. The third-order valence-electron chi connectivity index (χ3n) is 3.60. The van der Waals surface area contributed by atoms with E-state index in [0.29, 0.717) is 5.56 Å². The van der Waals surface area contributed by atoms with Crippen LogP contribution in [-0.4, -0.2) is 40.1 Å². The summed E-state index contributed by atoms with van der Waals surface area (Å²) in [6.45, 7) is -6.42. The number of hydrogen-bond acceptors (Lipinski definition) is 5. The first-order valence-corrected chi connectivity index (χ1v) is 9.21. The number of hydrogen-bond donors (Lipinski definition) is 0. The van der Waals surface area contributed by atoms with E-state index < -0.39 is 33.9 Å². The van der Waals surface area contributed by atoms with Crippen molar-refractivity contribution in [3.05, 3.63) is 48.0 Å². The predicted octanol–water partition coefficient (Wildman–Crippen LogP) is 3.72. The van der Waals surface area contributed by atoms with Gasteiger partial charge >= 0.3 is 13.2 Å². The third-order valence-corrected chi connectivity index (χ3v) is 5.45. The van der Waals surface area contributed by atoms with Gasteiger partial charge in [-0.15, -0.1) is 0 Å². The number of sulfonamides is 1. The molecule has 6 nitrogen and oxygen atoms in total. The molecule has 0 amide bonds. The molecule has 0 atom stereocenters. The van der Waals surface area contributed by atoms with Gasteiger partial charge in [-0.05, 0) is 29.8 Å². The summed E-state index contributed by atoms with van der Waals surface area (Å²) in [5.41, 5.74) is 0.400. The van der Waals surface area contributed by atoms with Crippen molar-refractivity contribution in [2.75, 3.05) is 14.2 Å². The molecule has 0 bridgehead atoms. The maximum atomic E-state index is 12.8. The van der Waals surface area contributed by atoms with E-state index >= 15 is 0 Å². The highest BCUT2D eigenvalue weighted by Gasteiger charge is 2.26. The molecule has 2 rings (SSSR count). The van der Waals surface area contributed by atoms with Crippen LogP contribution in [0.3, 0.4) is 0 Å². The van der Waals surface area contributed by atoms with Crippen molar-refractivity contribution in [3.8, 4) is 17.2 Å². The van der Waals surface area contributed by atoms with Gasteiger partial charge in [0, 0.05) is 13.6 Å². The Balaban J connectivity index is 2.28. The van der Waals surface area contributed by atoms with E-state index in [1.165, 1.54) is 44.5 Å². The summed E-state index contributed by atoms with van der Waals surface area (Å²) >= 11 is 0. The maximum Gasteiger partial charge on any atom is 0.387 e. The van der Waals surface area contributed by atoms with E-state index in [9.17, 15) is 26.0 Å². The van der Waals surface area contributed by atoms with Crippen molar-refractivity contribution in [1.29, 1.82) is 0 Å². The Bertz CT molecular complexity index is 908. The zero-order valence-electron chi connectivity index (χ0n) is 14.8. The first-order valence-electron chi connectivity index (χ1n) is 7.77. The van der Waals surface area contributed by atoms with Crippen molar-refractivity contribution in [3.63, 3.8) is 0 Å². The number of para-hydroxylation sites is 1. The van der Waals surface area contributed by atoms with Gasteiger partial charge in [0.1, 0.15) is 10.6 Å². The van der Waals surface area contributed by atoms with Gasteiger partial charge in [-0.25, -0.2) is 8.42 Å². The van der Waals surface area contributed by atoms with Gasteiger partial charge in [-0.1, -0.05) is 18.2 Å². The molecule has 0 aliphatic rings. The summed E-state index contributed by atoms with van der Waals surface area (Å²) in [5.74, 6) is -0.699. The molecule has 0 unspecified atom stereocenters. The number of halogens is 4. The van der Waals surface area contributed by atoms with Crippen LogP contribution in [0.4, 0.5) is 17.6 Å². The molecule has 0 fully saturated rings. The van der Waals surface area contributed by atoms with E-state index in [1.54, 1.807) is 0 Å². The lowest BCUT2D eigenvalue weighted by molar-refractivity contribution is -0.0522. The normalized spacial score (nSPS) is 11.9. The minimum absolute atomic E-state index is 0.00923. The molecule has 0 N–H and O–H groups in total. The fourth-order valence-corrected chi connectivity index (χ4v) is 3.65. The second-order valence-corrected chi connectivity index (χ2v) is 7.46. The molecule has 0 aliphatic carbocycles. The Labute approximate surface area is 159 Å². The molecule has 0 aliphatic heterocycles. The van der Waals surface area contributed by atoms with Gasteiger partial charge in [0.15, 0.2) is 11.5 Å². The highest BCUT2D eigenvalue weighted by Crippen LogP contribution is 2.31. The van der Waals surface area contributed by atoms with Gasteiger partial charge < -0.3 is 14.2 Å². The molecule has 0 aromatic heterocycles. The minimum Gasteiger partial charge on any atom is -0.493 e. The Hall–Kier alpha value is -2.53. The number of benzene rings is 2. The lowest BCUT2D eigenvalue weighted by Gasteiger charge is -2.20. The Morgan fingerprint density at radius 3 is 2.14 bits per heavy atom. The molecular weight excluding hydrogens is 406 g/mol. The van der Waals surface area contributed by atoms with Gasteiger partial charge in [-0.3, -0.25) is 0 Å². The first-order chi connectivity index (χ1) is 13.1. The second-order valence-electron chi connectivity index (χ2n) is 5.45. The number of rotatable bonds is 9. The molecule has 28 heavy (non-hydrogen) atoms. The molecule has 0 spiro atoms. The number of methoxy groups -OCH3 is 1. The molecular formula is C17H17F4NO5S. The molecule has 2 aromatic rings. The number of ether oxygens (including phenoxy) is 3. The van der Waals surface area contributed by atoms with Crippen molar-refractivity contribution in [1.82, 2.24) is 4.31 Å². The van der Waals surface area contributed by atoms with Crippen molar-refractivity contribution >= 4 is 10.0 Å². The van der Waals surface area contributed by atoms with Gasteiger partial charge in [0.05, 0.1) is 7.11 Å². The smallest absolute Gasteiger partial charge is 0.387 e. The van der Waals surface area contributed by atoms with Crippen LogP contribution in [-0.2, 0) is 16.6 Å². The van der Waals surface area contributed by atoms with Crippen molar-refractivity contribution in [2.45, 2.75) is 24.7 Å². The molecule has 0 saturated carbocycles. The highest BCUT2D eigenvalue weighted by molar-refractivity contribution is 7.89. The van der Waals surface area contributed by atoms with Crippen LogP contribution < -0.4 is 14.2 Å². The highest BCUT2D eigenvalue weighted by atomic mass is 32.2. The van der Waals surface area contributed by atoms with E-state index in [4.69, 9.17) is 4.74 Å². The molecule has 2 aromatic carbocycles. The first kappa shape index (κ1) is 21.8. The number of nitrogens with zero attached hydrogens (tertiary/aromatic N) is 1. The van der Waals surface area contributed by atoms with Crippen LogP contribution in [0.25, 0.3) is 0 Å². The third kappa shape index (κ3) is 5.26. The number of alkyl halides is 4. The average Bonchev–Trinajstić information content (AvgIpc) is 2.62. The van der Waals surface area contributed by atoms with Crippen molar-refractivity contribution < 1.29 is 40.2 Å². The zero-order chi connectivity index (χ0) is 20.9. The SMILES string of the molecule is COc1cc(CN(C)S(=O)(=O)c2ccccc2OC(F)F)ccc1OC(F)F. The Morgan fingerprint density at radius 2 is 1.54 bits per heavy atom. The van der Waals surface area contributed by atoms with Crippen molar-refractivity contribution in [2.24, 2.45) is 0 Å². The summed E-state index contributed by atoms with van der Waals surface area (Å²) in [4.78, 5) is -0.428. The maximum absolute atomic E-state index is 12.8. The predicted molar refractivity (Wildman–Crippen MR) is 91.4 cm³/mol. The van der Waals surface area contributed by atoms with E-state index in [-0.39, 0.29) is 18.0 Å². The zero-order valence-corrected chi connectivity index (χ0v) is 15.6. The largest absolute Gasteiger partial charge is 0.493 e. The van der Waals surface area contributed by atoms with Crippen LogP contribution >= 0.6 is 0 Å². The van der Waals surface area contributed by atoms with E-state index in [0.717, 1.165) is 16.4 Å². The van der Waals surface area contributed by atoms with Crippen LogP contribution in [0.2, 0.25) is 0 Å². The van der Waals surface area contributed by atoms with E-state index in [2.05, 4.69) is 9.47 Å². The molecule has 0 heterocycles. The lowest BCUT2D eigenvalue weighted by atomic mass is 10.2. The topological polar surface area (TPSA) is 65.1 Å². The van der Waals surface area contributed by atoms with Crippen LogP contribution in [0.15, 0.2) is 47.4 Å². The minimum atomic E-state index is -4.18. The molecule has 0 radical (unpaired) electrons. The fourth-order valence-electron chi connectivity index (χ4n) is 2.37. The molecule has 0 saturated heterocycles. The Kier molecular flexibility index (Phi) is 7.08. The summed E-state index contributed by atoms with van der Waals surface area (Å²) in [6, 6.07) is 8.94. The summed E-state index contributed by atoms with van der Waals surface area (Å²) < 4.78 is 89.8. The van der Waals surface area contributed by atoms with Gasteiger partial charge in [0.2, 0.25) is 10.0 Å². The van der Waals surface area contributed by atoms with Crippen LogP contribution in [0, 0.1) is 0 Å². The van der Waals surface area contributed by atoms with Gasteiger partial charge in [-0.2, -0.15) is 21.9 Å². The average molecular weight is 423 g/mol. The lowest BCUT2D eigenvalue weighted by Crippen LogP contribution is -2.27. The second kappa shape index (κ2) is 9.11. The summed E-state index contributed by atoms with van der Waals surface area (Å²) in [5, 5.41) is 0. The standard InChI is InChI=1S/C17H17F4NO5S/c1-22(10-11-7-8-12(26-16(18)19)14(9-11)25-2)28(23,24)15-6-4-3-5-13(15)27-17(20)21/h3-9,16-17H,10H2,1-2H3. The van der Waals surface area contributed by atoms with Crippen LogP contribution in [0.5, 0.6) is 17.2 Å². The summed E-state index contributed by atoms with van der Waals surface area (Å²) in [6.07, 6.45) is 0. The van der Waals surface area contributed by atoms with Gasteiger partial charge in [0.25, 0.3) is 0 Å². The fraction of sp³-hybridized carbons (Fsp3) is 0.294. The monoisotopic (exact) mass is 423 g/mol. The molecule has 11 heteroatoms. The summed E-state index contributed by atoms with van der Waals surface area (Å²) in [7, 11) is -1.69. The molecule has 154 valence electrons. The van der Waals surface area contributed by atoms with E-state index in [1.807, 2.05) is 0 Å².